The number of anilines is 2. The first-order chi connectivity index (χ1) is 8.77. The Morgan fingerprint density at radius 1 is 1.00 bits per heavy atom. The van der Waals surface area contributed by atoms with Crippen LogP contribution in [0.15, 0.2) is 54.6 Å². The van der Waals surface area contributed by atoms with Gasteiger partial charge in [0, 0.05) is 5.69 Å². The number of carbonyl (C=O) groups excluding carboxylic acids is 1. The van der Waals surface area contributed by atoms with Gasteiger partial charge in [-0.3, -0.25) is 10.6 Å². The molecule has 0 aromatic heterocycles. The molecule has 0 saturated heterocycles. The lowest BCUT2D eigenvalue weighted by atomic mass is 10.1. The van der Waals surface area contributed by atoms with E-state index >= 15 is 0 Å². The summed E-state index contributed by atoms with van der Waals surface area (Å²) in [6, 6.07) is 16.9. The zero-order valence-electron chi connectivity index (χ0n) is 9.61. The van der Waals surface area contributed by atoms with Gasteiger partial charge in [0.2, 0.25) is 6.35 Å². The number of benzene rings is 2. The third-order valence-corrected chi connectivity index (χ3v) is 2.90. The lowest BCUT2D eigenvalue weighted by Crippen LogP contribution is -2.46. The second-order valence-corrected chi connectivity index (χ2v) is 4.02. The van der Waals surface area contributed by atoms with Crippen molar-refractivity contribution in [3.05, 3.63) is 60.2 Å². The number of cyclic esters (lactones) is 1. The van der Waals surface area contributed by atoms with Crippen LogP contribution in [0.1, 0.15) is 10.4 Å². The van der Waals surface area contributed by atoms with E-state index in [0.717, 1.165) is 11.4 Å². The first-order valence-electron chi connectivity index (χ1n) is 5.67. The Hall–Kier alpha value is -2.33. The molecule has 0 spiro atoms. The normalized spacial score (nSPS) is 18.2. The number of ether oxygens (including phenoxy) is 1. The van der Waals surface area contributed by atoms with Gasteiger partial charge in [-0.05, 0) is 24.3 Å². The summed E-state index contributed by atoms with van der Waals surface area (Å²) in [5, 5.41) is 0. The van der Waals surface area contributed by atoms with Crippen molar-refractivity contribution in [2.75, 3.05) is 4.90 Å². The SMILES string of the molecule is NC1OC(=O)c2ccccc2N1c1ccccc1. The fraction of sp³-hybridized carbons (Fsp3) is 0.0714. The van der Waals surface area contributed by atoms with Crippen molar-refractivity contribution in [3.63, 3.8) is 0 Å². The molecule has 1 atom stereocenters. The van der Waals surface area contributed by atoms with Crippen molar-refractivity contribution in [2.24, 2.45) is 5.73 Å². The minimum Gasteiger partial charge on any atom is -0.424 e. The number of fused-ring (bicyclic) bond motifs is 1. The highest BCUT2D eigenvalue weighted by Crippen LogP contribution is 2.33. The first kappa shape index (κ1) is 10.8. The van der Waals surface area contributed by atoms with E-state index in [4.69, 9.17) is 10.5 Å². The summed E-state index contributed by atoms with van der Waals surface area (Å²) in [6.07, 6.45) is -0.796. The van der Waals surface area contributed by atoms with Gasteiger partial charge in [-0.25, -0.2) is 4.79 Å². The van der Waals surface area contributed by atoms with Crippen LogP contribution in [0.5, 0.6) is 0 Å². The summed E-state index contributed by atoms with van der Waals surface area (Å²) >= 11 is 0. The molecular weight excluding hydrogens is 228 g/mol. The summed E-state index contributed by atoms with van der Waals surface area (Å²) in [4.78, 5) is 13.5. The average molecular weight is 240 g/mol. The topological polar surface area (TPSA) is 55.6 Å². The summed E-state index contributed by atoms with van der Waals surface area (Å²) in [5.41, 5.74) is 8.09. The van der Waals surface area contributed by atoms with Crippen LogP contribution in [0.2, 0.25) is 0 Å². The molecule has 18 heavy (non-hydrogen) atoms. The van der Waals surface area contributed by atoms with Gasteiger partial charge in [0.25, 0.3) is 0 Å². The van der Waals surface area contributed by atoms with Gasteiger partial charge >= 0.3 is 5.97 Å². The fourth-order valence-electron chi connectivity index (χ4n) is 2.09. The van der Waals surface area contributed by atoms with Crippen LogP contribution < -0.4 is 10.6 Å². The van der Waals surface area contributed by atoms with E-state index in [1.165, 1.54) is 0 Å². The minimum absolute atomic E-state index is 0.384. The van der Waals surface area contributed by atoms with Gasteiger partial charge in [-0.15, -0.1) is 0 Å². The summed E-state index contributed by atoms with van der Waals surface area (Å²) in [7, 11) is 0. The molecule has 0 amide bonds. The highest BCUT2D eigenvalue weighted by atomic mass is 16.6. The zero-order chi connectivity index (χ0) is 12.5. The maximum Gasteiger partial charge on any atom is 0.343 e. The number of nitrogens with zero attached hydrogens (tertiary/aromatic N) is 1. The highest BCUT2D eigenvalue weighted by Gasteiger charge is 2.30. The van der Waals surface area contributed by atoms with E-state index in [2.05, 4.69) is 0 Å². The summed E-state index contributed by atoms with van der Waals surface area (Å²) in [6.45, 7) is 0. The zero-order valence-corrected chi connectivity index (χ0v) is 9.61. The molecule has 1 heterocycles. The maximum atomic E-state index is 11.7. The molecule has 0 fully saturated rings. The number of nitrogens with two attached hydrogens (primary N) is 1. The Labute approximate surface area is 105 Å². The molecule has 0 radical (unpaired) electrons. The molecule has 0 bridgehead atoms. The molecule has 3 rings (SSSR count). The van der Waals surface area contributed by atoms with Gasteiger partial charge in [-0.2, -0.15) is 0 Å². The summed E-state index contributed by atoms with van der Waals surface area (Å²) < 4.78 is 5.14. The van der Waals surface area contributed by atoms with E-state index in [1.807, 2.05) is 42.5 Å². The molecule has 90 valence electrons. The smallest absolute Gasteiger partial charge is 0.343 e. The number of carbonyl (C=O) groups is 1. The number of esters is 1. The van der Waals surface area contributed by atoms with Crippen LogP contribution >= 0.6 is 0 Å². The summed E-state index contributed by atoms with van der Waals surface area (Å²) in [5.74, 6) is -0.384. The fourth-order valence-corrected chi connectivity index (χ4v) is 2.09. The third-order valence-electron chi connectivity index (χ3n) is 2.90. The third kappa shape index (κ3) is 1.63. The van der Waals surface area contributed by atoms with Crippen molar-refractivity contribution in [1.29, 1.82) is 0 Å². The Morgan fingerprint density at radius 2 is 1.67 bits per heavy atom. The monoisotopic (exact) mass is 240 g/mol. The van der Waals surface area contributed by atoms with Crippen molar-refractivity contribution >= 4 is 17.3 Å². The number of para-hydroxylation sites is 2. The van der Waals surface area contributed by atoms with Gasteiger partial charge < -0.3 is 4.74 Å². The minimum atomic E-state index is -0.796. The van der Waals surface area contributed by atoms with Crippen LogP contribution in [-0.4, -0.2) is 12.3 Å². The van der Waals surface area contributed by atoms with E-state index in [9.17, 15) is 4.79 Å². The molecule has 1 aliphatic heterocycles. The number of rotatable bonds is 1. The molecule has 1 unspecified atom stereocenters. The predicted molar refractivity (Wildman–Crippen MR) is 68.4 cm³/mol. The molecule has 0 saturated carbocycles. The van der Waals surface area contributed by atoms with Crippen LogP contribution in [0, 0.1) is 0 Å². The number of hydrogen-bond acceptors (Lipinski definition) is 4. The quantitative estimate of drug-likeness (QED) is 0.777. The maximum absolute atomic E-state index is 11.7. The molecule has 2 N–H and O–H groups in total. The van der Waals surface area contributed by atoms with Gasteiger partial charge in [0.05, 0.1) is 11.3 Å². The van der Waals surface area contributed by atoms with Crippen molar-refractivity contribution in [2.45, 2.75) is 6.35 Å². The van der Waals surface area contributed by atoms with Crippen molar-refractivity contribution < 1.29 is 9.53 Å². The van der Waals surface area contributed by atoms with Crippen molar-refractivity contribution in [1.82, 2.24) is 0 Å². The van der Waals surface area contributed by atoms with E-state index < -0.39 is 6.35 Å². The molecule has 2 aromatic rings. The van der Waals surface area contributed by atoms with E-state index in [1.54, 1.807) is 17.0 Å². The predicted octanol–water partition coefficient (Wildman–Crippen LogP) is 2.24. The second-order valence-electron chi connectivity index (χ2n) is 4.02. The molecule has 2 aromatic carbocycles. The Bertz CT molecular complexity index is 583. The van der Waals surface area contributed by atoms with Crippen molar-refractivity contribution in [3.8, 4) is 0 Å². The molecular formula is C14H12N2O2. The van der Waals surface area contributed by atoms with Crippen LogP contribution in [0.3, 0.4) is 0 Å². The highest BCUT2D eigenvalue weighted by molar-refractivity contribution is 5.99. The Morgan fingerprint density at radius 3 is 2.44 bits per heavy atom. The molecule has 1 aliphatic rings. The molecule has 4 nitrogen and oxygen atoms in total. The first-order valence-corrected chi connectivity index (χ1v) is 5.67. The van der Waals surface area contributed by atoms with Gasteiger partial charge in [0.15, 0.2) is 0 Å². The van der Waals surface area contributed by atoms with E-state index in [-0.39, 0.29) is 5.97 Å². The lowest BCUT2D eigenvalue weighted by Gasteiger charge is -2.35. The average Bonchev–Trinajstić information content (AvgIpc) is 2.40. The van der Waals surface area contributed by atoms with Crippen LogP contribution in [0.4, 0.5) is 11.4 Å². The Balaban J connectivity index is 2.15. The lowest BCUT2D eigenvalue weighted by molar-refractivity contribution is 0.0298. The molecule has 0 aliphatic carbocycles. The largest absolute Gasteiger partial charge is 0.424 e. The number of hydrogen-bond donors (Lipinski definition) is 1. The Kier molecular flexibility index (Phi) is 2.50. The molecule has 4 heteroatoms. The van der Waals surface area contributed by atoms with Crippen LogP contribution in [-0.2, 0) is 4.74 Å². The van der Waals surface area contributed by atoms with E-state index in [0.29, 0.717) is 5.56 Å². The van der Waals surface area contributed by atoms with Gasteiger partial charge in [-0.1, -0.05) is 30.3 Å². The second kappa shape index (κ2) is 4.16. The standard InChI is InChI=1S/C14H12N2O2/c15-14-16(10-6-2-1-3-7-10)12-9-5-4-8-11(12)13(17)18-14/h1-9,14H,15H2. The van der Waals surface area contributed by atoms with Crippen LogP contribution in [0.25, 0.3) is 0 Å². The van der Waals surface area contributed by atoms with Gasteiger partial charge in [0.1, 0.15) is 0 Å².